The zero-order valence-corrected chi connectivity index (χ0v) is 8.57. The molecule has 0 aromatic heterocycles. The van der Waals surface area contributed by atoms with Gasteiger partial charge in [-0.05, 0) is 0 Å². The zero-order valence-electron chi connectivity index (χ0n) is 6.40. The Bertz CT molecular complexity index is 225. The van der Waals surface area contributed by atoms with Gasteiger partial charge < -0.3 is 12.4 Å². The Hall–Kier alpha value is 0.0762. The summed E-state index contributed by atoms with van der Waals surface area (Å²) in [7, 11) is 0. The van der Waals surface area contributed by atoms with Gasteiger partial charge in [0.05, 0.1) is 5.82 Å². The Balaban J connectivity index is 0. The summed E-state index contributed by atoms with van der Waals surface area (Å²) in [5.74, 6) is -0.195. The second kappa shape index (κ2) is 5.69. The molecular formula is C8H8ClFMg. The van der Waals surface area contributed by atoms with Gasteiger partial charge >= 0.3 is 23.1 Å². The van der Waals surface area contributed by atoms with Crippen molar-refractivity contribution in [1.82, 2.24) is 0 Å². The average Bonchev–Trinajstić information content (AvgIpc) is 1.80. The summed E-state index contributed by atoms with van der Waals surface area (Å²) in [4.78, 5) is 0. The number of halogens is 2. The van der Waals surface area contributed by atoms with Crippen LogP contribution in [-0.4, -0.2) is 23.1 Å². The van der Waals surface area contributed by atoms with Gasteiger partial charge in [-0.15, -0.1) is 5.56 Å². The van der Waals surface area contributed by atoms with Crippen LogP contribution in [0.5, 0.6) is 0 Å². The molecule has 0 unspecified atom stereocenters. The molecule has 0 saturated heterocycles. The van der Waals surface area contributed by atoms with Gasteiger partial charge in [-0.2, -0.15) is 18.6 Å². The molecule has 0 nitrogen and oxygen atoms in total. The third kappa shape index (κ3) is 3.84. The molecule has 0 aliphatic rings. The largest absolute Gasteiger partial charge is 2.00 e. The van der Waals surface area contributed by atoms with Gasteiger partial charge in [0.15, 0.2) is 0 Å². The standard InChI is InChI=1S/C8H8F.ClH.Mg/c1-6-3-4-8(9)5-7(6)2;;/h3-5H,1H2,2H3;1H;/q-1;;+2/p-1. The van der Waals surface area contributed by atoms with E-state index >= 15 is 0 Å². The maximum absolute atomic E-state index is 12.3. The molecule has 1 rings (SSSR count). The van der Waals surface area contributed by atoms with Crippen molar-refractivity contribution in [3.63, 3.8) is 0 Å². The minimum Gasteiger partial charge on any atom is -1.00 e. The van der Waals surface area contributed by atoms with Gasteiger partial charge in [-0.1, -0.05) is 19.1 Å². The summed E-state index contributed by atoms with van der Waals surface area (Å²) < 4.78 is 12.3. The molecule has 0 aliphatic carbocycles. The van der Waals surface area contributed by atoms with E-state index in [0.29, 0.717) is 0 Å². The van der Waals surface area contributed by atoms with Crippen LogP contribution in [0.25, 0.3) is 0 Å². The normalized spacial score (nSPS) is 7.82. The van der Waals surface area contributed by atoms with E-state index in [0.717, 1.165) is 11.1 Å². The molecule has 1 aromatic rings. The van der Waals surface area contributed by atoms with Crippen LogP contribution in [0.2, 0.25) is 0 Å². The van der Waals surface area contributed by atoms with E-state index in [1.165, 1.54) is 12.1 Å². The van der Waals surface area contributed by atoms with E-state index < -0.39 is 0 Å². The van der Waals surface area contributed by atoms with Gasteiger partial charge in [-0.25, -0.2) is 4.39 Å². The van der Waals surface area contributed by atoms with Crippen molar-refractivity contribution in [1.29, 1.82) is 0 Å². The zero-order chi connectivity index (χ0) is 6.85. The number of hydrogen-bond donors (Lipinski definition) is 0. The Morgan fingerprint density at radius 2 is 1.91 bits per heavy atom. The maximum atomic E-state index is 12.3. The molecule has 0 bridgehead atoms. The molecule has 0 fully saturated rings. The number of aryl methyl sites for hydroxylation is 1. The smallest absolute Gasteiger partial charge is 1.00 e. The van der Waals surface area contributed by atoms with Crippen LogP contribution < -0.4 is 12.4 Å². The Kier molecular flexibility index (Phi) is 7.06. The molecule has 0 saturated carbocycles. The average molecular weight is 183 g/mol. The molecule has 1 aromatic carbocycles. The van der Waals surface area contributed by atoms with Gasteiger partial charge in [0.25, 0.3) is 0 Å². The van der Waals surface area contributed by atoms with Crippen molar-refractivity contribution in [3.05, 3.63) is 42.1 Å². The second-order valence-corrected chi connectivity index (χ2v) is 2.07. The van der Waals surface area contributed by atoms with Crippen LogP contribution in [0.3, 0.4) is 0 Å². The summed E-state index contributed by atoms with van der Waals surface area (Å²) >= 11 is 0. The minimum absolute atomic E-state index is 0. The Morgan fingerprint density at radius 1 is 1.36 bits per heavy atom. The predicted octanol–water partition coefficient (Wildman–Crippen LogP) is -1.06. The van der Waals surface area contributed by atoms with Crippen molar-refractivity contribution in [2.24, 2.45) is 0 Å². The second-order valence-electron chi connectivity index (χ2n) is 2.07. The van der Waals surface area contributed by atoms with Crippen molar-refractivity contribution >= 4 is 23.1 Å². The van der Waals surface area contributed by atoms with Gasteiger partial charge in [-0.3, -0.25) is 0 Å². The van der Waals surface area contributed by atoms with E-state index in [4.69, 9.17) is 0 Å². The van der Waals surface area contributed by atoms with Crippen LogP contribution >= 0.6 is 0 Å². The van der Waals surface area contributed by atoms with E-state index in [1.807, 2.05) is 6.92 Å². The maximum Gasteiger partial charge on any atom is 2.00 e. The molecule has 0 radical (unpaired) electrons. The topological polar surface area (TPSA) is 0 Å². The van der Waals surface area contributed by atoms with Gasteiger partial charge in [0.2, 0.25) is 0 Å². The first-order valence-electron chi connectivity index (χ1n) is 2.78. The summed E-state index contributed by atoms with van der Waals surface area (Å²) in [5, 5.41) is 0. The van der Waals surface area contributed by atoms with E-state index in [1.54, 1.807) is 6.07 Å². The fourth-order valence-corrected chi connectivity index (χ4v) is 0.659. The van der Waals surface area contributed by atoms with Crippen molar-refractivity contribution in [2.45, 2.75) is 6.92 Å². The monoisotopic (exact) mass is 182 g/mol. The quantitative estimate of drug-likeness (QED) is 0.355. The molecule has 0 N–H and O–H groups in total. The Labute approximate surface area is 88.7 Å². The number of benzene rings is 1. The van der Waals surface area contributed by atoms with Crippen LogP contribution in [0.1, 0.15) is 11.1 Å². The molecule has 0 heterocycles. The summed E-state index contributed by atoms with van der Waals surface area (Å²) in [6, 6.07) is 4.56. The molecule has 0 spiro atoms. The fourth-order valence-electron chi connectivity index (χ4n) is 0.659. The third-order valence-electron chi connectivity index (χ3n) is 1.30. The van der Waals surface area contributed by atoms with Crippen LogP contribution in [0.15, 0.2) is 18.2 Å². The molecule has 0 amide bonds. The first-order valence-corrected chi connectivity index (χ1v) is 2.78. The fraction of sp³-hybridized carbons (Fsp3) is 0.125. The summed E-state index contributed by atoms with van der Waals surface area (Å²) in [6.45, 7) is 5.53. The van der Waals surface area contributed by atoms with Gasteiger partial charge in [0, 0.05) is 0 Å². The molecule has 11 heavy (non-hydrogen) atoms. The van der Waals surface area contributed by atoms with Crippen LogP contribution in [0, 0.1) is 19.7 Å². The Morgan fingerprint density at radius 3 is 2.27 bits per heavy atom. The first kappa shape index (κ1) is 13.7. The molecule has 56 valence electrons. The van der Waals surface area contributed by atoms with Crippen LogP contribution in [-0.2, 0) is 0 Å². The summed E-state index contributed by atoms with van der Waals surface area (Å²) in [6.07, 6.45) is 0. The minimum atomic E-state index is -0.195. The van der Waals surface area contributed by atoms with Crippen molar-refractivity contribution in [3.8, 4) is 0 Å². The molecule has 3 heteroatoms. The van der Waals surface area contributed by atoms with Crippen LogP contribution in [0.4, 0.5) is 4.39 Å². The molecular weight excluding hydrogens is 175 g/mol. The van der Waals surface area contributed by atoms with Gasteiger partial charge in [0.1, 0.15) is 0 Å². The SMILES string of the molecule is [CH2-]c1ccc(F)cc1C.[Cl-].[Mg+2]. The molecule has 0 atom stereocenters. The summed E-state index contributed by atoms with van der Waals surface area (Å²) in [5.41, 5.74) is 1.78. The first-order chi connectivity index (χ1) is 4.20. The van der Waals surface area contributed by atoms with E-state index in [2.05, 4.69) is 6.92 Å². The number of hydrogen-bond acceptors (Lipinski definition) is 0. The van der Waals surface area contributed by atoms with Crippen molar-refractivity contribution < 1.29 is 16.8 Å². The van der Waals surface area contributed by atoms with E-state index in [-0.39, 0.29) is 41.3 Å². The number of rotatable bonds is 0. The predicted molar refractivity (Wildman–Crippen MR) is 41.4 cm³/mol. The van der Waals surface area contributed by atoms with Crippen molar-refractivity contribution in [2.75, 3.05) is 0 Å². The molecule has 0 aliphatic heterocycles. The van der Waals surface area contributed by atoms with E-state index in [9.17, 15) is 4.39 Å². The third-order valence-corrected chi connectivity index (χ3v) is 1.30.